The molecule has 0 saturated heterocycles. The van der Waals surface area contributed by atoms with Crippen molar-refractivity contribution in [2.45, 2.75) is 51.1 Å². The van der Waals surface area contributed by atoms with Gasteiger partial charge >= 0.3 is 6.03 Å². The highest BCUT2D eigenvalue weighted by atomic mass is 32.1. The number of amides is 3. The second kappa shape index (κ2) is 8.29. The monoisotopic (exact) mass is 323 g/mol. The van der Waals surface area contributed by atoms with Gasteiger partial charge in [0.1, 0.15) is 0 Å². The number of imide groups is 1. The largest absolute Gasteiger partial charge is 0.335 e. The van der Waals surface area contributed by atoms with Gasteiger partial charge in [0.2, 0.25) is 5.91 Å². The molecule has 5 nitrogen and oxygen atoms in total. The number of nitrogens with zero attached hydrogens (tertiary/aromatic N) is 1. The Morgan fingerprint density at radius 1 is 1.36 bits per heavy atom. The number of hydrogen-bond donors (Lipinski definition) is 2. The predicted octanol–water partition coefficient (Wildman–Crippen LogP) is 2.90. The average molecular weight is 323 g/mol. The number of carbonyl (C=O) groups excluding carboxylic acids is 2. The second-order valence-electron chi connectivity index (χ2n) is 5.96. The smallest absolute Gasteiger partial charge is 0.321 e. The lowest BCUT2D eigenvalue weighted by atomic mass is 9.96. The third-order valence-electron chi connectivity index (χ3n) is 4.20. The molecule has 1 fully saturated rings. The molecule has 2 rings (SSSR count). The van der Waals surface area contributed by atoms with Gasteiger partial charge < -0.3 is 5.32 Å². The zero-order valence-electron chi connectivity index (χ0n) is 13.3. The van der Waals surface area contributed by atoms with E-state index in [-0.39, 0.29) is 30.6 Å². The molecule has 22 heavy (non-hydrogen) atoms. The molecule has 1 aromatic heterocycles. The standard InChI is InChI=1S/C16H25N3O2S/c1-12(14-9-6-10-22-14)19(2)11-15(20)18-16(21)17-13-7-4-3-5-8-13/h6,9-10,12-13H,3-5,7-8,11H2,1-2H3,(H2,17,18,20,21). The first-order chi connectivity index (χ1) is 10.6. The highest BCUT2D eigenvalue weighted by molar-refractivity contribution is 7.10. The summed E-state index contributed by atoms with van der Waals surface area (Å²) in [6.07, 6.45) is 5.57. The minimum Gasteiger partial charge on any atom is -0.335 e. The van der Waals surface area contributed by atoms with Crippen LogP contribution in [-0.4, -0.2) is 36.5 Å². The summed E-state index contributed by atoms with van der Waals surface area (Å²) in [5, 5.41) is 7.35. The van der Waals surface area contributed by atoms with Crippen LogP contribution in [0.2, 0.25) is 0 Å². The van der Waals surface area contributed by atoms with Crippen LogP contribution in [0.15, 0.2) is 17.5 Å². The Kier molecular flexibility index (Phi) is 6.39. The molecule has 1 aliphatic rings. The van der Waals surface area contributed by atoms with Crippen LogP contribution in [0.25, 0.3) is 0 Å². The quantitative estimate of drug-likeness (QED) is 0.876. The molecule has 0 spiro atoms. The van der Waals surface area contributed by atoms with Crippen molar-refractivity contribution < 1.29 is 9.59 Å². The van der Waals surface area contributed by atoms with E-state index < -0.39 is 0 Å². The topological polar surface area (TPSA) is 61.4 Å². The van der Waals surface area contributed by atoms with Crippen molar-refractivity contribution in [1.29, 1.82) is 0 Å². The van der Waals surface area contributed by atoms with Crippen molar-refractivity contribution in [3.63, 3.8) is 0 Å². The Morgan fingerprint density at radius 2 is 2.09 bits per heavy atom. The maximum absolute atomic E-state index is 12.0. The first-order valence-electron chi connectivity index (χ1n) is 7.90. The predicted molar refractivity (Wildman–Crippen MR) is 88.9 cm³/mol. The van der Waals surface area contributed by atoms with Gasteiger partial charge in [0.05, 0.1) is 6.54 Å². The molecule has 1 atom stereocenters. The van der Waals surface area contributed by atoms with Gasteiger partial charge in [0, 0.05) is 17.0 Å². The molecule has 1 heterocycles. The van der Waals surface area contributed by atoms with Crippen molar-refractivity contribution in [1.82, 2.24) is 15.5 Å². The third-order valence-corrected chi connectivity index (χ3v) is 5.25. The summed E-state index contributed by atoms with van der Waals surface area (Å²) in [5.41, 5.74) is 0. The first-order valence-corrected chi connectivity index (χ1v) is 8.78. The lowest BCUT2D eigenvalue weighted by Gasteiger charge is -2.24. The van der Waals surface area contributed by atoms with Gasteiger partial charge in [0.25, 0.3) is 0 Å². The molecule has 1 unspecified atom stereocenters. The van der Waals surface area contributed by atoms with Crippen molar-refractivity contribution in [2.75, 3.05) is 13.6 Å². The Labute approximate surface area is 136 Å². The fourth-order valence-electron chi connectivity index (χ4n) is 2.74. The number of urea groups is 1. The van der Waals surface area contributed by atoms with E-state index in [1.807, 2.05) is 23.4 Å². The van der Waals surface area contributed by atoms with E-state index in [4.69, 9.17) is 0 Å². The number of thiophene rings is 1. The van der Waals surface area contributed by atoms with Crippen LogP contribution in [0, 0.1) is 0 Å². The molecule has 122 valence electrons. The summed E-state index contributed by atoms with van der Waals surface area (Å²) in [7, 11) is 1.89. The highest BCUT2D eigenvalue weighted by Gasteiger charge is 2.19. The number of carbonyl (C=O) groups is 2. The van der Waals surface area contributed by atoms with Crippen LogP contribution in [-0.2, 0) is 4.79 Å². The van der Waals surface area contributed by atoms with Gasteiger partial charge in [-0.05, 0) is 38.3 Å². The van der Waals surface area contributed by atoms with Crippen LogP contribution in [0.4, 0.5) is 4.79 Å². The SMILES string of the molecule is CC(c1cccs1)N(C)CC(=O)NC(=O)NC1CCCCC1. The van der Waals surface area contributed by atoms with Crippen LogP contribution in [0.5, 0.6) is 0 Å². The van der Waals surface area contributed by atoms with Crippen molar-refractivity contribution in [3.05, 3.63) is 22.4 Å². The van der Waals surface area contributed by atoms with E-state index in [0.29, 0.717) is 0 Å². The fraction of sp³-hybridized carbons (Fsp3) is 0.625. The normalized spacial score (nSPS) is 17.2. The molecule has 1 aliphatic carbocycles. The van der Waals surface area contributed by atoms with Crippen LogP contribution in [0.1, 0.15) is 49.9 Å². The van der Waals surface area contributed by atoms with Crippen molar-refractivity contribution >= 4 is 23.3 Å². The molecule has 2 N–H and O–H groups in total. The summed E-state index contributed by atoms with van der Waals surface area (Å²) in [5.74, 6) is -0.265. The third kappa shape index (κ3) is 5.10. The van der Waals surface area contributed by atoms with E-state index >= 15 is 0 Å². The van der Waals surface area contributed by atoms with Crippen molar-refractivity contribution in [2.24, 2.45) is 0 Å². The molecular weight excluding hydrogens is 298 g/mol. The van der Waals surface area contributed by atoms with E-state index in [9.17, 15) is 9.59 Å². The Hall–Kier alpha value is -1.40. The summed E-state index contributed by atoms with van der Waals surface area (Å²) in [6, 6.07) is 4.06. The molecule has 1 aromatic rings. The summed E-state index contributed by atoms with van der Waals surface area (Å²) >= 11 is 1.67. The number of likely N-dealkylation sites (N-methyl/N-ethyl adjacent to an activating group) is 1. The van der Waals surface area contributed by atoms with Gasteiger partial charge in [0.15, 0.2) is 0 Å². The van der Waals surface area contributed by atoms with Crippen LogP contribution >= 0.6 is 11.3 Å². The Balaban J connectivity index is 1.73. The fourth-order valence-corrected chi connectivity index (χ4v) is 3.59. The van der Waals surface area contributed by atoms with Crippen LogP contribution < -0.4 is 10.6 Å². The average Bonchev–Trinajstić information content (AvgIpc) is 3.01. The van der Waals surface area contributed by atoms with Crippen molar-refractivity contribution in [3.8, 4) is 0 Å². The molecule has 0 bridgehead atoms. The second-order valence-corrected chi connectivity index (χ2v) is 6.94. The molecule has 0 radical (unpaired) electrons. The van der Waals surface area contributed by atoms with Crippen LogP contribution in [0.3, 0.4) is 0 Å². The highest BCUT2D eigenvalue weighted by Crippen LogP contribution is 2.22. The molecule has 3 amide bonds. The zero-order valence-corrected chi connectivity index (χ0v) is 14.1. The molecule has 0 aliphatic heterocycles. The minimum atomic E-state index is -0.367. The number of rotatable bonds is 5. The maximum atomic E-state index is 12.0. The summed E-state index contributed by atoms with van der Waals surface area (Å²) in [4.78, 5) is 27.0. The van der Waals surface area contributed by atoms with E-state index in [1.54, 1.807) is 11.3 Å². The summed E-state index contributed by atoms with van der Waals surface area (Å²) in [6.45, 7) is 2.26. The van der Waals surface area contributed by atoms with E-state index in [0.717, 1.165) is 25.7 Å². The molecular formula is C16H25N3O2S. The van der Waals surface area contributed by atoms with Gasteiger partial charge in [-0.25, -0.2) is 4.79 Å². The van der Waals surface area contributed by atoms with Gasteiger partial charge in [-0.15, -0.1) is 11.3 Å². The molecule has 6 heteroatoms. The van der Waals surface area contributed by atoms with Gasteiger partial charge in [-0.2, -0.15) is 0 Å². The summed E-state index contributed by atoms with van der Waals surface area (Å²) < 4.78 is 0. The Morgan fingerprint density at radius 3 is 2.73 bits per heavy atom. The maximum Gasteiger partial charge on any atom is 0.321 e. The molecule has 0 aromatic carbocycles. The lowest BCUT2D eigenvalue weighted by Crippen LogP contribution is -2.47. The number of nitrogens with one attached hydrogen (secondary N) is 2. The Bertz CT molecular complexity index is 484. The minimum absolute atomic E-state index is 0.159. The van der Waals surface area contributed by atoms with E-state index in [1.165, 1.54) is 11.3 Å². The molecule has 1 saturated carbocycles. The number of hydrogen-bond acceptors (Lipinski definition) is 4. The van der Waals surface area contributed by atoms with Gasteiger partial charge in [-0.1, -0.05) is 25.3 Å². The lowest BCUT2D eigenvalue weighted by molar-refractivity contribution is -0.121. The first kappa shape index (κ1) is 17.0. The van der Waals surface area contributed by atoms with Gasteiger partial charge in [-0.3, -0.25) is 15.0 Å². The zero-order chi connectivity index (χ0) is 15.9. The van der Waals surface area contributed by atoms with E-state index in [2.05, 4.69) is 23.6 Å².